The molecule has 1 heterocycles. The number of halogens is 3. The second-order valence-corrected chi connectivity index (χ2v) is 8.33. The number of carbonyl (C=O) groups is 1. The third-order valence-corrected chi connectivity index (χ3v) is 5.27. The average Bonchev–Trinajstić information content (AvgIpc) is 2.82. The van der Waals surface area contributed by atoms with Gasteiger partial charge in [-0.2, -0.15) is 0 Å². The molecule has 1 N–H and O–H groups in total. The molecule has 0 fully saturated rings. The minimum atomic E-state index is -0.126. The Morgan fingerprint density at radius 2 is 2.10 bits per heavy atom. The van der Waals surface area contributed by atoms with Crippen LogP contribution in [0.15, 0.2) is 38.6 Å². The van der Waals surface area contributed by atoms with E-state index in [-0.39, 0.29) is 6.03 Å². The molecule has 0 aliphatic carbocycles. The van der Waals surface area contributed by atoms with Crippen LogP contribution in [0.3, 0.4) is 0 Å². The van der Waals surface area contributed by atoms with Crippen molar-refractivity contribution in [1.82, 2.24) is 10.2 Å². The van der Waals surface area contributed by atoms with Crippen molar-refractivity contribution in [3.63, 3.8) is 0 Å². The number of benzene rings is 1. The van der Waals surface area contributed by atoms with Crippen LogP contribution < -0.4 is 5.32 Å². The van der Waals surface area contributed by atoms with Crippen LogP contribution >= 0.6 is 54.8 Å². The van der Waals surface area contributed by atoms with E-state index >= 15 is 0 Å². The molecular weight excluding hydrogens is 439 g/mol. The highest BCUT2D eigenvalue weighted by Crippen LogP contribution is 2.23. The summed E-state index contributed by atoms with van der Waals surface area (Å²) in [6.07, 6.45) is 0. The van der Waals surface area contributed by atoms with Gasteiger partial charge >= 0.3 is 6.03 Å². The first kappa shape index (κ1) is 16.8. The Hall–Kier alpha value is -0.560. The van der Waals surface area contributed by atoms with Gasteiger partial charge in [-0.1, -0.05) is 33.6 Å². The second kappa shape index (κ2) is 7.63. The Morgan fingerprint density at radius 1 is 1.33 bits per heavy atom. The maximum atomic E-state index is 12.1. The molecule has 0 saturated heterocycles. The Kier molecular flexibility index (Phi) is 6.10. The van der Waals surface area contributed by atoms with E-state index in [1.807, 2.05) is 30.3 Å². The Bertz CT molecular complexity index is 648. The summed E-state index contributed by atoms with van der Waals surface area (Å²) in [6.45, 7) is 0.986. The molecule has 0 radical (unpaired) electrons. The van der Waals surface area contributed by atoms with Crippen molar-refractivity contribution in [1.29, 1.82) is 0 Å². The van der Waals surface area contributed by atoms with Gasteiger partial charge in [-0.05, 0) is 45.8 Å². The normalized spacial score (nSPS) is 10.5. The lowest BCUT2D eigenvalue weighted by molar-refractivity contribution is 0.207. The van der Waals surface area contributed by atoms with Crippen LogP contribution in [0.2, 0.25) is 5.02 Å². The number of carbonyl (C=O) groups excluding carboxylic acids is 1. The molecule has 1 aromatic carbocycles. The summed E-state index contributed by atoms with van der Waals surface area (Å²) in [5, 5.41) is 3.50. The van der Waals surface area contributed by atoms with Crippen molar-refractivity contribution in [3.8, 4) is 0 Å². The number of urea groups is 1. The van der Waals surface area contributed by atoms with E-state index < -0.39 is 0 Å². The standard InChI is InChI=1S/C14H13Br2ClN2OS/c1-19(8-11-4-5-13(16)21-11)14(20)18-7-9-2-3-10(15)6-12(9)17/h2-6H,7-8H2,1H3,(H,18,20). The van der Waals surface area contributed by atoms with Crippen LogP contribution in [0.1, 0.15) is 10.4 Å². The maximum Gasteiger partial charge on any atom is 0.317 e. The second-order valence-electron chi connectivity index (χ2n) is 4.46. The average molecular weight is 453 g/mol. The van der Waals surface area contributed by atoms with E-state index in [1.165, 1.54) is 0 Å². The van der Waals surface area contributed by atoms with Crippen LogP contribution in [0.5, 0.6) is 0 Å². The molecule has 0 unspecified atom stereocenters. The molecule has 0 aliphatic heterocycles. The fourth-order valence-corrected chi connectivity index (χ4v) is 3.99. The Balaban J connectivity index is 1.89. The zero-order chi connectivity index (χ0) is 15.4. The third-order valence-electron chi connectivity index (χ3n) is 2.81. The molecule has 2 amide bonds. The zero-order valence-electron chi connectivity index (χ0n) is 11.2. The highest BCUT2D eigenvalue weighted by molar-refractivity contribution is 9.11. The van der Waals surface area contributed by atoms with Gasteiger partial charge in [0.05, 0.1) is 10.3 Å². The van der Waals surface area contributed by atoms with Gasteiger partial charge in [0.25, 0.3) is 0 Å². The van der Waals surface area contributed by atoms with Gasteiger partial charge in [0.1, 0.15) is 0 Å². The first-order valence-corrected chi connectivity index (χ1v) is 8.91. The summed E-state index contributed by atoms with van der Waals surface area (Å²) in [6, 6.07) is 9.47. The maximum absolute atomic E-state index is 12.1. The number of thiophene rings is 1. The van der Waals surface area contributed by atoms with Gasteiger partial charge in [-0.25, -0.2) is 4.79 Å². The smallest absolute Gasteiger partial charge is 0.317 e. The number of amides is 2. The van der Waals surface area contributed by atoms with Crippen LogP contribution in [0.4, 0.5) is 4.79 Å². The molecule has 0 bridgehead atoms. The molecule has 0 spiro atoms. The fourth-order valence-electron chi connectivity index (χ4n) is 1.71. The predicted octanol–water partition coefficient (Wildman–Crippen LogP) is 5.27. The van der Waals surface area contributed by atoms with Crippen molar-refractivity contribution in [2.24, 2.45) is 0 Å². The minimum Gasteiger partial charge on any atom is -0.334 e. The summed E-state index contributed by atoms with van der Waals surface area (Å²) in [5.74, 6) is 0. The van der Waals surface area contributed by atoms with E-state index in [1.54, 1.807) is 23.3 Å². The molecule has 0 atom stereocenters. The lowest BCUT2D eigenvalue weighted by Gasteiger charge is -2.17. The third kappa shape index (κ3) is 4.98. The molecular formula is C14H13Br2ClN2OS. The number of rotatable bonds is 4. The van der Waals surface area contributed by atoms with Gasteiger partial charge in [0.15, 0.2) is 0 Å². The molecule has 21 heavy (non-hydrogen) atoms. The van der Waals surface area contributed by atoms with Gasteiger partial charge < -0.3 is 10.2 Å². The molecule has 2 rings (SSSR count). The summed E-state index contributed by atoms with van der Waals surface area (Å²) < 4.78 is 1.98. The molecule has 7 heteroatoms. The minimum absolute atomic E-state index is 0.126. The molecule has 2 aromatic rings. The van der Waals surface area contributed by atoms with E-state index in [0.29, 0.717) is 18.1 Å². The van der Waals surface area contributed by atoms with Crippen molar-refractivity contribution in [3.05, 3.63) is 54.1 Å². The summed E-state index contributed by atoms with van der Waals surface area (Å²) >= 11 is 14.5. The van der Waals surface area contributed by atoms with Crippen molar-refractivity contribution < 1.29 is 4.79 Å². The van der Waals surface area contributed by atoms with Gasteiger partial charge in [-0.3, -0.25) is 0 Å². The quantitative estimate of drug-likeness (QED) is 0.674. The van der Waals surface area contributed by atoms with E-state index in [9.17, 15) is 4.79 Å². The van der Waals surface area contributed by atoms with Crippen molar-refractivity contribution in [2.75, 3.05) is 7.05 Å². The number of nitrogens with zero attached hydrogens (tertiary/aromatic N) is 1. The Labute approximate surface area is 149 Å². The molecule has 0 saturated carbocycles. The topological polar surface area (TPSA) is 32.3 Å². The van der Waals surface area contributed by atoms with Gasteiger partial charge in [0, 0.05) is 28.0 Å². The number of hydrogen-bond acceptors (Lipinski definition) is 2. The summed E-state index contributed by atoms with van der Waals surface area (Å²) in [4.78, 5) is 14.8. The SMILES string of the molecule is CN(Cc1ccc(Br)s1)C(=O)NCc1ccc(Br)cc1Cl. The predicted molar refractivity (Wildman–Crippen MR) is 94.9 cm³/mol. The molecule has 1 aromatic heterocycles. The highest BCUT2D eigenvalue weighted by atomic mass is 79.9. The lowest BCUT2D eigenvalue weighted by Crippen LogP contribution is -2.36. The number of nitrogens with one attached hydrogen (secondary N) is 1. The molecule has 0 aliphatic rings. The largest absolute Gasteiger partial charge is 0.334 e. The van der Waals surface area contributed by atoms with Crippen LogP contribution in [-0.2, 0) is 13.1 Å². The lowest BCUT2D eigenvalue weighted by atomic mass is 10.2. The molecule has 3 nitrogen and oxygen atoms in total. The highest BCUT2D eigenvalue weighted by Gasteiger charge is 2.11. The van der Waals surface area contributed by atoms with E-state index in [2.05, 4.69) is 37.2 Å². The first-order chi connectivity index (χ1) is 9.95. The van der Waals surface area contributed by atoms with Crippen LogP contribution in [0, 0.1) is 0 Å². The molecule has 112 valence electrons. The zero-order valence-corrected chi connectivity index (χ0v) is 15.9. The number of hydrogen-bond donors (Lipinski definition) is 1. The Morgan fingerprint density at radius 3 is 2.71 bits per heavy atom. The van der Waals surface area contributed by atoms with Crippen molar-refractivity contribution in [2.45, 2.75) is 13.1 Å². The fraction of sp³-hybridized carbons (Fsp3) is 0.214. The summed E-state index contributed by atoms with van der Waals surface area (Å²) in [5.41, 5.74) is 0.889. The van der Waals surface area contributed by atoms with Gasteiger partial charge in [0.2, 0.25) is 0 Å². The van der Waals surface area contributed by atoms with Crippen LogP contribution in [0.25, 0.3) is 0 Å². The van der Waals surface area contributed by atoms with E-state index in [4.69, 9.17) is 11.6 Å². The first-order valence-electron chi connectivity index (χ1n) is 6.13. The van der Waals surface area contributed by atoms with Crippen LogP contribution in [-0.4, -0.2) is 18.0 Å². The van der Waals surface area contributed by atoms with E-state index in [0.717, 1.165) is 18.7 Å². The van der Waals surface area contributed by atoms with Crippen molar-refractivity contribution >= 4 is 60.8 Å². The van der Waals surface area contributed by atoms with Gasteiger partial charge in [-0.15, -0.1) is 11.3 Å². The monoisotopic (exact) mass is 450 g/mol. The summed E-state index contributed by atoms with van der Waals surface area (Å²) in [7, 11) is 1.77.